The van der Waals surface area contributed by atoms with E-state index in [2.05, 4.69) is 25.6 Å². The molecule has 2 N–H and O–H groups in total. The number of nitrogens with one attached hydrogen (secondary N) is 2. The molecule has 0 atom stereocenters. The Hall–Kier alpha value is -3.24. The van der Waals surface area contributed by atoms with Gasteiger partial charge in [-0.05, 0) is 24.6 Å². The normalized spacial score (nSPS) is 19.3. The van der Waals surface area contributed by atoms with Gasteiger partial charge in [0.1, 0.15) is 11.3 Å². The Morgan fingerprint density at radius 2 is 2.19 bits per heavy atom. The fraction of sp³-hybridized carbons (Fsp3) is 0.409. The monoisotopic (exact) mass is 437 g/mol. The van der Waals surface area contributed by atoms with E-state index >= 15 is 0 Å². The van der Waals surface area contributed by atoms with Gasteiger partial charge in [-0.2, -0.15) is 5.10 Å². The number of carbonyl (C=O) groups excluding carboxylic acids is 1. The number of pyridine rings is 1. The minimum atomic E-state index is -0.465. The van der Waals surface area contributed by atoms with Crippen molar-refractivity contribution in [1.29, 1.82) is 0 Å². The Labute approximate surface area is 184 Å². The molecule has 6 rings (SSSR count). The van der Waals surface area contributed by atoms with E-state index in [1.807, 2.05) is 6.07 Å². The molecule has 10 heteroatoms. The lowest BCUT2D eigenvalue weighted by Gasteiger charge is -2.49. The fourth-order valence-electron chi connectivity index (χ4n) is 4.95. The van der Waals surface area contributed by atoms with Crippen molar-refractivity contribution in [2.45, 2.75) is 12.0 Å². The van der Waals surface area contributed by atoms with E-state index in [1.165, 1.54) is 6.07 Å². The molecule has 0 saturated carbocycles. The lowest BCUT2D eigenvalue weighted by molar-refractivity contribution is -0.0743. The number of aromatic nitrogens is 3. The van der Waals surface area contributed by atoms with E-state index in [0.717, 1.165) is 50.5 Å². The van der Waals surface area contributed by atoms with Crippen LogP contribution in [0.25, 0.3) is 10.9 Å². The minimum Gasteiger partial charge on any atom is -0.377 e. The SMILES string of the molecule is Cn1cc2cc(NC(=O)N3CCc4c(N5CCNC6(COC6)C5)ccnc43)cc(F)c2n1. The van der Waals surface area contributed by atoms with Crippen LogP contribution in [0.2, 0.25) is 0 Å². The van der Waals surface area contributed by atoms with Crippen molar-refractivity contribution < 1.29 is 13.9 Å². The molecule has 2 aromatic heterocycles. The summed E-state index contributed by atoms with van der Waals surface area (Å²) in [6.07, 6.45) is 4.21. The van der Waals surface area contributed by atoms with Crippen LogP contribution in [-0.4, -0.2) is 65.7 Å². The van der Waals surface area contributed by atoms with Crippen LogP contribution in [0.5, 0.6) is 0 Å². The molecule has 3 aromatic rings. The summed E-state index contributed by atoms with van der Waals surface area (Å²) in [6.45, 7) is 4.65. The van der Waals surface area contributed by atoms with E-state index in [0.29, 0.717) is 23.4 Å². The predicted octanol–water partition coefficient (Wildman–Crippen LogP) is 1.88. The number of anilines is 3. The van der Waals surface area contributed by atoms with Gasteiger partial charge in [-0.1, -0.05) is 0 Å². The number of ether oxygens (including phenoxy) is 1. The average molecular weight is 437 g/mol. The van der Waals surface area contributed by atoms with Crippen molar-refractivity contribution >= 4 is 34.1 Å². The molecule has 2 fully saturated rings. The van der Waals surface area contributed by atoms with Gasteiger partial charge < -0.3 is 20.3 Å². The maximum absolute atomic E-state index is 14.4. The summed E-state index contributed by atoms with van der Waals surface area (Å²) in [6, 6.07) is 4.74. The van der Waals surface area contributed by atoms with E-state index in [4.69, 9.17) is 4.74 Å². The molecule has 3 aliphatic rings. The smallest absolute Gasteiger partial charge is 0.327 e. The molecule has 3 aliphatic heterocycles. The number of urea groups is 1. The van der Waals surface area contributed by atoms with Gasteiger partial charge in [-0.3, -0.25) is 9.58 Å². The summed E-state index contributed by atoms with van der Waals surface area (Å²) in [4.78, 5) is 21.6. The third kappa shape index (κ3) is 3.09. The highest BCUT2D eigenvalue weighted by Gasteiger charge is 2.43. The van der Waals surface area contributed by atoms with E-state index in [-0.39, 0.29) is 17.1 Å². The Morgan fingerprint density at radius 3 is 3.00 bits per heavy atom. The third-order valence-corrected chi connectivity index (χ3v) is 6.50. The molecule has 0 radical (unpaired) electrons. The zero-order valence-electron chi connectivity index (χ0n) is 17.8. The van der Waals surface area contributed by atoms with Gasteiger partial charge in [0.25, 0.3) is 0 Å². The zero-order valence-corrected chi connectivity index (χ0v) is 17.8. The molecule has 1 aromatic carbocycles. The van der Waals surface area contributed by atoms with Crippen LogP contribution >= 0.6 is 0 Å². The van der Waals surface area contributed by atoms with E-state index < -0.39 is 5.82 Å². The van der Waals surface area contributed by atoms with Crippen LogP contribution in [0.1, 0.15) is 5.56 Å². The largest absolute Gasteiger partial charge is 0.377 e. The molecule has 0 bridgehead atoms. The van der Waals surface area contributed by atoms with Gasteiger partial charge in [0, 0.05) is 67.9 Å². The van der Waals surface area contributed by atoms with Crippen molar-refractivity contribution in [3.8, 4) is 0 Å². The molecule has 2 amide bonds. The first kappa shape index (κ1) is 19.4. The number of amides is 2. The maximum atomic E-state index is 14.4. The number of rotatable bonds is 2. The number of hydrogen-bond donors (Lipinski definition) is 2. The first-order chi connectivity index (χ1) is 15.5. The van der Waals surface area contributed by atoms with Gasteiger partial charge in [0.2, 0.25) is 0 Å². The Morgan fingerprint density at radius 1 is 1.31 bits per heavy atom. The average Bonchev–Trinajstić information content (AvgIpc) is 3.36. The molecule has 9 nitrogen and oxygen atoms in total. The quantitative estimate of drug-likeness (QED) is 0.637. The summed E-state index contributed by atoms with van der Waals surface area (Å²) in [5.41, 5.74) is 2.91. The van der Waals surface area contributed by atoms with Gasteiger partial charge in [-0.15, -0.1) is 0 Å². The third-order valence-electron chi connectivity index (χ3n) is 6.50. The second-order valence-electron chi connectivity index (χ2n) is 8.78. The Kier molecular flexibility index (Phi) is 4.34. The first-order valence-electron chi connectivity index (χ1n) is 10.8. The van der Waals surface area contributed by atoms with E-state index in [1.54, 1.807) is 35.1 Å². The van der Waals surface area contributed by atoms with Gasteiger partial charge in [0.15, 0.2) is 5.82 Å². The highest BCUT2D eigenvalue weighted by molar-refractivity contribution is 6.03. The Balaban J connectivity index is 1.25. The minimum absolute atomic E-state index is 0.0269. The number of piperazine rings is 1. The molecule has 1 spiro atoms. The summed E-state index contributed by atoms with van der Waals surface area (Å²) in [7, 11) is 1.74. The molecule has 0 aliphatic carbocycles. The molecule has 2 saturated heterocycles. The number of hydrogen-bond acceptors (Lipinski definition) is 6. The van der Waals surface area contributed by atoms with E-state index in [9.17, 15) is 9.18 Å². The Bertz CT molecular complexity index is 1220. The summed E-state index contributed by atoms with van der Waals surface area (Å²) in [5, 5.41) is 11.1. The van der Waals surface area contributed by atoms with Crippen LogP contribution < -0.4 is 20.4 Å². The summed E-state index contributed by atoms with van der Waals surface area (Å²) < 4.78 is 21.4. The van der Waals surface area contributed by atoms with Crippen LogP contribution in [0, 0.1) is 5.82 Å². The van der Waals surface area contributed by atoms with Crippen LogP contribution in [0.3, 0.4) is 0 Å². The number of benzene rings is 1. The number of halogens is 1. The van der Waals surface area contributed by atoms with Crippen molar-refractivity contribution in [2.24, 2.45) is 7.05 Å². The topological polar surface area (TPSA) is 87.6 Å². The highest BCUT2D eigenvalue weighted by Crippen LogP contribution is 2.36. The number of fused-ring (bicyclic) bond motifs is 2. The van der Waals surface area contributed by atoms with Crippen LogP contribution in [-0.2, 0) is 18.2 Å². The van der Waals surface area contributed by atoms with Gasteiger partial charge >= 0.3 is 6.03 Å². The number of carbonyl (C=O) groups is 1. The van der Waals surface area contributed by atoms with Crippen molar-refractivity contribution in [3.63, 3.8) is 0 Å². The molecular weight excluding hydrogens is 413 g/mol. The number of aryl methyl sites for hydroxylation is 1. The lowest BCUT2D eigenvalue weighted by Crippen LogP contribution is -2.70. The molecule has 32 heavy (non-hydrogen) atoms. The first-order valence-corrected chi connectivity index (χ1v) is 10.8. The molecule has 5 heterocycles. The maximum Gasteiger partial charge on any atom is 0.327 e. The van der Waals surface area contributed by atoms with Gasteiger partial charge in [0.05, 0.1) is 18.8 Å². The second kappa shape index (κ2) is 7.14. The molecule has 0 unspecified atom stereocenters. The van der Waals surface area contributed by atoms with Crippen molar-refractivity contribution in [3.05, 3.63) is 42.0 Å². The lowest BCUT2D eigenvalue weighted by atomic mass is 9.93. The van der Waals surface area contributed by atoms with Crippen molar-refractivity contribution in [1.82, 2.24) is 20.1 Å². The van der Waals surface area contributed by atoms with Crippen LogP contribution in [0.15, 0.2) is 30.6 Å². The highest BCUT2D eigenvalue weighted by atomic mass is 19.1. The zero-order chi connectivity index (χ0) is 21.9. The number of nitrogens with zero attached hydrogens (tertiary/aromatic N) is 5. The standard InChI is InChI=1S/C22H24FN7O2/c1-28-10-14-8-15(9-17(23)19(14)27-28)26-21(31)30-6-3-16-18(2-4-24-20(16)30)29-7-5-25-22(11-29)12-32-13-22/h2,4,8-10,25H,3,5-7,11-13H2,1H3,(H,26,31). The fourth-order valence-corrected chi connectivity index (χ4v) is 4.95. The second-order valence-corrected chi connectivity index (χ2v) is 8.78. The predicted molar refractivity (Wildman–Crippen MR) is 119 cm³/mol. The molecular formula is C22H24FN7O2. The summed E-state index contributed by atoms with van der Waals surface area (Å²) in [5.74, 6) is 0.202. The molecule has 166 valence electrons. The van der Waals surface area contributed by atoms with Crippen molar-refractivity contribution in [2.75, 3.05) is 54.5 Å². The van der Waals surface area contributed by atoms with Crippen LogP contribution in [0.4, 0.5) is 26.4 Å². The van der Waals surface area contributed by atoms with Gasteiger partial charge in [-0.25, -0.2) is 14.2 Å². The summed E-state index contributed by atoms with van der Waals surface area (Å²) >= 11 is 0.